The Bertz CT molecular complexity index is 792. The summed E-state index contributed by atoms with van der Waals surface area (Å²) in [5.74, 6) is -0.751. The van der Waals surface area contributed by atoms with Gasteiger partial charge in [0, 0.05) is 30.6 Å². The lowest BCUT2D eigenvalue weighted by molar-refractivity contribution is -0.120. The van der Waals surface area contributed by atoms with Crippen LogP contribution in [0.2, 0.25) is 0 Å². The maximum absolute atomic E-state index is 12.5. The van der Waals surface area contributed by atoms with Gasteiger partial charge < -0.3 is 9.88 Å². The van der Waals surface area contributed by atoms with E-state index in [4.69, 9.17) is 0 Å². The summed E-state index contributed by atoms with van der Waals surface area (Å²) in [6.45, 7) is 5.00. The molecule has 2 aromatic rings. The number of carbonyl (C=O) groups is 2. The molecule has 1 N–H and O–H groups in total. The summed E-state index contributed by atoms with van der Waals surface area (Å²) >= 11 is 0. The van der Waals surface area contributed by atoms with Crippen molar-refractivity contribution in [1.82, 2.24) is 9.88 Å². The number of aromatic nitrogens is 1. The molecule has 5 nitrogen and oxygen atoms in total. The first-order chi connectivity index (χ1) is 10.3. The summed E-state index contributed by atoms with van der Waals surface area (Å²) in [5, 5.41) is 3.24. The van der Waals surface area contributed by atoms with Crippen LogP contribution in [0.15, 0.2) is 35.3 Å². The number of rotatable bonds is 4. The van der Waals surface area contributed by atoms with Gasteiger partial charge in [-0.15, -0.1) is 0 Å². The minimum Gasteiger partial charge on any atom is -0.350 e. The average molecular weight is 300 g/mol. The van der Waals surface area contributed by atoms with Gasteiger partial charge in [-0.25, -0.2) is 0 Å². The fourth-order valence-electron chi connectivity index (χ4n) is 2.36. The third kappa shape index (κ3) is 2.93. The van der Waals surface area contributed by atoms with Gasteiger partial charge in [0.05, 0.1) is 5.52 Å². The highest BCUT2D eigenvalue weighted by Crippen LogP contribution is 2.11. The Hall–Kier alpha value is -2.43. The molecule has 0 aliphatic rings. The van der Waals surface area contributed by atoms with Crippen LogP contribution in [0.4, 0.5) is 0 Å². The average Bonchev–Trinajstić information content (AvgIpc) is 2.49. The maximum atomic E-state index is 12.5. The Morgan fingerprint density at radius 2 is 1.82 bits per heavy atom. The molecule has 1 aromatic heterocycles. The quantitative estimate of drug-likeness (QED) is 0.937. The van der Waals surface area contributed by atoms with Crippen molar-refractivity contribution in [3.63, 3.8) is 0 Å². The molecule has 2 rings (SSSR count). The second-order valence-electron chi connectivity index (χ2n) is 5.66. The van der Waals surface area contributed by atoms with Crippen molar-refractivity contribution >= 4 is 22.6 Å². The fourth-order valence-corrected chi connectivity index (χ4v) is 2.36. The lowest BCUT2D eigenvalue weighted by atomic mass is 9.99. The number of aryl methyl sites for hydroxylation is 1. The number of fused-ring (bicyclic) bond motifs is 1. The van der Waals surface area contributed by atoms with E-state index in [-0.39, 0.29) is 28.7 Å². The van der Waals surface area contributed by atoms with Crippen molar-refractivity contribution in [3.05, 3.63) is 46.2 Å². The standard InChI is InChI=1S/C17H20N2O3/c1-10(12(3)20)11(2)18-17(22)14-9-19(4)15-8-6-5-7-13(15)16(14)21/h5-11H,1-4H3,(H,18,22). The van der Waals surface area contributed by atoms with Crippen LogP contribution in [-0.2, 0) is 11.8 Å². The van der Waals surface area contributed by atoms with Crippen molar-refractivity contribution in [2.75, 3.05) is 0 Å². The topological polar surface area (TPSA) is 68.2 Å². The summed E-state index contributed by atoms with van der Waals surface area (Å²) in [5.41, 5.74) is 0.562. The van der Waals surface area contributed by atoms with Gasteiger partial charge >= 0.3 is 0 Å². The number of pyridine rings is 1. The highest BCUT2D eigenvalue weighted by atomic mass is 16.2. The minimum atomic E-state index is -0.452. The van der Waals surface area contributed by atoms with Gasteiger partial charge in [-0.2, -0.15) is 0 Å². The molecule has 0 aliphatic heterocycles. The number of nitrogens with zero attached hydrogens (tertiary/aromatic N) is 1. The number of carbonyl (C=O) groups excluding carboxylic acids is 2. The van der Waals surface area contributed by atoms with Crippen LogP contribution in [0.1, 0.15) is 31.1 Å². The Balaban J connectivity index is 2.39. The largest absolute Gasteiger partial charge is 0.350 e. The first kappa shape index (κ1) is 15.9. The molecule has 2 unspecified atom stereocenters. The molecular weight excluding hydrogens is 280 g/mol. The van der Waals surface area contributed by atoms with Gasteiger partial charge in [-0.05, 0) is 26.0 Å². The molecule has 0 saturated heterocycles. The van der Waals surface area contributed by atoms with Gasteiger partial charge in [0.25, 0.3) is 5.91 Å². The predicted molar refractivity (Wildman–Crippen MR) is 86.0 cm³/mol. The van der Waals surface area contributed by atoms with Crippen molar-refractivity contribution in [3.8, 4) is 0 Å². The Morgan fingerprint density at radius 1 is 1.18 bits per heavy atom. The van der Waals surface area contributed by atoms with Crippen molar-refractivity contribution in [2.24, 2.45) is 13.0 Å². The van der Waals surface area contributed by atoms with Crippen LogP contribution >= 0.6 is 0 Å². The summed E-state index contributed by atoms with van der Waals surface area (Å²) in [6, 6.07) is 6.82. The molecule has 22 heavy (non-hydrogen) atoms. The van der Waals surface area contributed by atoms with E-state index in [0.717, 1.165) is 5.52 Å². The van der Waals surface area contributed by atoms with Crippen molar-refractivity contribution in [2.45, 2.75) is 26.8 Å². The molecule has 0 saturated carbocycles. The SMILES string of the molecule is CC(=O)C(C)C(C)NC(=O)c1cn(C)c2ccccc2c1=O. The number of hydrogen-bond acceptors (Lipinski definition) is 3. The number of benzene rings is 1. The molecule has 1 amide bonds. The van der Waals surface area contributed by atoms with E-state index < -0.39 is 5.91 Å². The number of hydrogen-bond donors (Lipinski definition) is 1. The normalized spacial score (nSPS) is 13.6. The fraction of sp³-hybridized carbons (Fsp3) is 0.353. The molecule has 2 atom stereocenters. The van der Waals surface area contributed by atoms with Gasteiger partial charge in [0.15, 0.2) is 0 Å². The number of ketones is 1. The van der Waals surface area contributed by atoms with E-state index in [0.29, 0.717) is 5.39 Å². The molecular formula is C17H20N2O3. The van der Waals surface area contributed by atoms with Crippen molar-refractivity contribution in [1.29, 1.82) is 0 Å². The monoisotopic (exact) mass is 300 g/mol. The maximum Gasteiger partial charge on any atom is 0.257 e. The molecule has 5 heteroatoms. The zero-order valence-electron chi connectivity index (χ0n) is 13.2. The summed E-state index contributed by atoms with van der Waals surface area (Å²) in [4.78, 5) is 36.2. The molecule has 0 aliphatic carbocycles. The smallest absolute Gasteiger partial charge is 0.257 e. The molecule has 0 radical (unpaired) electrons. The van der Waals surface area contributed by atoms with Crippen LogP contribution in [0.25, 0.3) is 10.9 Å². The zero-order valence-corrected chi connectivity index (χ0v) is 13.2. The molecule has 0 bridgehead atoms. The van der Waals surface area contributed by atoms with E-state index in [1.54, 1.807) is 37.6 Å². The van der Waals surface area contributed by atoms with Gasteiger partial charge in [0.2, 0.25) is 5.43 Å². The second-order valence-corrected chi connectivity index (χ2v) is 5.66. The van der Waals surface area contributed by atoms with Crippen LogP contribution in [0, 0.1) is 5.92 Å². The molecule has 1 aromatic carbocycles. The lowest BCUT2D eigenvalue weighted by Gasteiger charge is -2.19. The molecule has 1 heterocycles. The zero-order chi connectivity index (χ0) is 16.4. The predicted octanol–water partition coefficient (Wildman–Crippen LogP) is 1.88. The van der Waals surface area contributed by atoms with E-state index in [9.17, 15) is 14.4 Å². The van der Waals surface area contributed by atoms with Gasteiger partial charge in [-0.1, -0.05) is 19.1 Å². The Kier molecular flexibility index (Phi) is 4.45. The Labute approximate surface area is 128 Å². The highest BCUT2D eigenvalue weighted by molar-refractivity contribution is 5.97. The van der Waals surface area contributed by atoms with Crippen LogP contribution in [-0.4, -0.2) is 22.3 Å². The minimum absolute atomic E-state index is 0.000728. The molecule has 0 fully saturated rings. The highest BCUT2D eigenvalue weighted by Gasteiger charge is 2.21. The number of para-hydroxylation sites is 1. The summed E-state index contributed by atoms with van der Waals surface area (Å²) in [7, 11) is 1.79. The first-order valence-corrected chi connectivity index (χ1v) is 7.22. The van der Waals surface area contributed by atoms with Gasteiger partial charge in [-0.3, -0.25) is 14.4 Å². The summed E-state index contributed by atoms with van der Waals surface area (Å²) < 4.78 is 1.75. The van der Waals surface area contributed by atoms with Crippen LogP contribution < -0.4 is 10.7 Å². The Morgan fingerprint density at radius 3 is 2.45 bits per heavy atom. The lowest BCUT2D eigenvalue weighted by Crippen LogP contribution is -2.41. The van der Waals surface area contributed by atoms with E-state index in [1.807, 2.05) is 12.1 Å². The number of Topliss-reactive ketones (excluding diaryl/α,β-unsaturated/α-hetero) is 1. The summed E-state index contributed by atoms with van der Waals surface area (Å²) in [6.07, 6.45) is 1.53. The van der Waals surface area contributed by atoms with E-state index in [2.05, 4.69) is 5.32 Å². The van der Waals surface area contributed by atoms with E-state index in [1.165, 1.54) is 13.1 Å². The third-order valence-corrected chi connectivity index (χ3v) is 4.09. The molecule has 0 spiro atoms. The second kappa shape index (κ2) is 6.13. The van der Waals surface area contributed by atoms with Crippen LogP contribution in [0.3, 0.4) is 0 Å². The number of amides is 1. The van der Waals surface area contributed by atoms with Crippen molar-refractivity contribution < 1.29 is 9.59 Å². The third-order valence-electron chi connectivity index (χ3n) is 4.09. The first-order valence-electron chi connectivity index (χ1n) is 7.22. The van der Waals surface area contributed by atoms with Crippen LogP contribution in [0.5, 0.6) is 0 Å². The number of nitrogens with one attached hydrogen (secondary N) is 1. The van der Waals surface area contributed by atoms with E-state index >= 15 is 0 Å². The molecule has 116 valence electrons. The van der Waals surface area contributed by atoms with Gasteiger partial charge in [0.1, 0.15) is 11.3 Å².